The van der Waals surface area contributed by atoms with Crippen LogP contribution in [0.3, 0.4) is 0 Å². The number of nitrogens with one attached hydrogen (secondary N) is 1. The maximum atomic E-state index is 13.0. The lowest BCUT2D eigenvalue weighted by atomic mass is 10.2. The summed E-state index contributed by atoms with van der Waals surface area (Å²) in [6.45, 7) is -0.143. The van der Waals surface area contributed by atoms with E-state index in [2.05, 4.69) is 5.32 Å². The van der Waals surface area contributed by atoms with Gasteiger partial charge in [-0.3, -0.25) is 19.3 Å². The SMILES string of the molecule is O=C(CN1C(=O)S/C(=C\c2ccc(OCc3ccc(Cl)c(Cl)c3)cc2)C1=O)Nc1ccc(F)cc1. The van der Waals surface area contributed by atoms with E-state index in [-0.39, 0.29) is 4.91 Å². The molecular weight excluding hydrogens is 514 g/mol. The zero-order chi connectivity index (χ0) is 24.9. The number of halogens is 3. The Morgan fingerprint density at radius 1 is 1.00 bits per heavy atom. The minimum absolute atomic E-state index is 0.203. The lowest BCUT2D eigenvalue weighted by molar-refractivity contribution is -0.127. The van der Waals surface area contributed by atoms with Gasteiger partial charge in [0.25, 0.3) is 11.1 Å². The molecule has 0 spiro atoms. The number of hydrogen-bond donors (Lipinski definition) is 1. The molecule has 1 fully saturated rings. The molecule has 3 amide bonds. The van der Waals surface area contributed by atoms with Crippen molar-refractivity contribution in [1.82, 2.24) is 4.90 Å². The predicted octanol–water partition coefficient (Wildman–Crippen LogP) is 6.39. The van der Waals surface area contributed by atoms with E-state index in [1.165, 1.54) is 24.3 Å². The van der Waals surface area contributed by atoms with Crippen molar-refractivity contribution in [3.63, 3.8) is 0 Å². The Morgan fingerprint density at radius 3 is 2.40 bits per heavy atom. The van der Waals surface area contributed by atoms with Gasteiger partial charge in [-0.05, 0) is 77.5 Å². The fraction of sp³-hybridized carbons (Fsp3) is 0.0800. The zero-order valence-corrected chi connectivity index (χ0v) is 20.3. The normalized spacial score (nSPS) is 14.5. The van der Waals surface area contributed by atoms with E-state index in [1.807, 2.05) is 6.07 Å². The smallest absolute Gasteiger partial charge is 0.294 e. The molecule has 1 N–H and O–H groups in total. The summed E-state index contributed by atoms with van der Waals surface area (Å²) in [7, 11) is 0. The van der Waals surface area contributed by atoms with Crippen molar-refractivity contribution >= 4 is 63.8 Å². The Hall–Kier alpha value is -3.33. The molecule has 3 aromatic rings. The standard InChI is InChI=1S/C25H17Cl2FN2O4S/c26-20-10-3-16(11-21(20)27)14-34-19-8-1-15(2-9-19)12-22-24(32)30(25(33)35-22)13-23(31)29-18-6-4-17(28)5-7-18/h1-12H,13-14H2,(H,29,31)/b22-12-. The molecule has 1 aliphatic rings. The number of ether oxygens (including phenoxy) is 1. The molecule has 4 rings (SSSR count). The van der Waals surface area contributed by atoms with Crippen LogP contribution in [0.5, 0.6) is 5.75 Å². The monoisotopic (exact) mass is 530 g/mol. The zero-order valence-electron chi connectivity index (χ0n) is 18.0. The average molecular weight is 531 g/mol. The van der Waals surface area contributed by atoms with Crippen molar-refractivity contribution in [2.75, 3.05) is 11.9 Å². The molecule has 0 aromatic heterocycles. The number of benzene rings is 3. The number of nitrogens with zero attached hydrogens (tertiary/aromatic N) is 1. The van der Waals surface area contributed by atoms with Crippen molar-refractivity contribution in [2.24, 2.45) is 0 Å². The molecule has 1 aliphatic heterocycles. The van der Waals surface area contributed by atoms with Gasteiger partial charge in [0.2, 0.25) is 5.91 Å². The molecule has 35 heavy (non-hydrogen) atoms. The second-order valence-electron chi connectivity index (χ2n) is 7.43. The summed E-state index contributed by atoms with van der Waals surface area (Å²) in [5.74, 6) is -0.957. The van der Waals surface area contributed by atoms with Crippen LogP contribution in [-0.4, -0.2) is 28.5 Å². The van der Waals surface area contributed by atoms with Crippen LogP contribution in [0, 0.1) is 5.82 Å². The molecule has 0 aliphatic carbocycles. The van der Waals surface area contributed by atoms with Gasteiger partial charge in [0, 0.05) is 5.69 Å². The first-order valence-electron chi connectivity index (χ1n) is 10.3. The quantitative estimate of drug-likeness (QED) is 0.358. The second kappa shape index (κ2) is 10.9. The summed E-state index contributed by atoms with van der Waals surface area (Å²) in [4.78, 5) is 38.3. The van der Waals surface area contributed by atoms with Crippen molar-refractivity contribution in [2.45, 2.75) is 6.61 Å². The Balaban J connectivity index is 1.35. The minimum Gasteiger partial charge on any atom is -0.489 e. The third-order valence-corrected chi connectivity index (χ3v) is 6.52. The molecule has 1 saturated heterocycles. The first-order chi connectivity index (χ1) is 16.8. The van der Waals surface area contributed by atoms with Gasteiger partial charge in [0.1, 0.15) is 24.7 Å². The summed E-state index contributed by atoms with van der Waals surface area (Å²) in [5.41, 5.74) is 1.91. The van der Waals surface area contributed by atoms with Crippen molar-refractivity contribution in [3.05, 3.63) is 98.6 Å². The van der Waals surface area contributed by atoms with Gasteiger partial charge in [0.05, 0.1) is 15.0 Å². The predicted molar refractivity (Wildman–Crippen MR) is 135 cm³/mol. The fourth-order valence-electron chi connectivity index (χ4n) is 3.12. The number of imide groups is 1. The summed E-state index contributed by atoms with van der Waals surface area (Å²) in [6.07, 6.45) is 1.57. The maximum absolute atomic E-state index is 13.0. The van der Waals surface area contributed by atoms with Gasteiger partial charge in [-0.1, -0.05) is 41.4 Å². The molecule has 1 heterocycles. The van der Waals surface area contributed by atoms with E-state index in [1.54, 1.807) is 42.5 Å². The number of rotatable bonds is 7. The molecule has 0 atom stereocenters. The van der Waals surface area contributed by atoms with Crippen LogP contribution in [0.4, 0.5) is 14.9 Å². The number of carbonyl (C=O) groups is 3. The Bertz CT molecular complexity index is 1310. The highest BCUT2D eigenvalue weighted by Gasteiger charge is 2.36. The molecular formula is C25H17Cl2FN2O4S. The maximum Gasteiger partial charge on any atom is 0.294 e. The van der Waals surface area contributed by atoms with Crippen LogP contribution in [0.1, 0.15) is 11.1 Å². The van der Waals surface area contributed by atoms with E-state index in [9.17, 15) is 18.8 Å². The van der Waals surface area contributed by atoms with Crippen LogP contribution in [0.25, 0.3) is 6.08 Å². The Morgan fingerprint density at radius 2 is 1.71 bits per heavy atom. The number of hydrogen-bond acceptors (Lipinski definition) is 5. The highest BCUT2D eigenvalue weighted by molar-refractivity contribution is 8.18. The molecule has 6 nitrogen and oxygen atoms in total. The largest absolute Gasteiger partial charge is 0.489 e. The van der Waals surface area contributed by atoms with Gasteiger partial charge in [-0.2, -0.15) is 0 Å². The van der Waals surface area contributed by atoms with Crippen LogP contribution < -0.4 is 10.1 Å². The van der Waals surface area contributed by atoms with Gasteiger partial charge >= 0.3 is 0 Å². The summed E-state index contributed by atoms with van der Waals surface area (Å²) in [5, 5.41) is 2.90. The molecule has 3 aromatic carbocycles. The van der Waals surface area contributed by atoms with Crippen molar-refractivity contribution in [1.29, 1.82) is 0 Å². The molecule has 0 radical (unpaired) electrons. The minimum atomic E-state index is -0.566. The number of thioether (sulfide) groups is 1. The van der Waals surface area contributed by atoms with Crippen LogP contribution in [0.15, 0.2) is 71.6 Å². The molecule has 10 heteroatoms. The topological polar surface area (TPSA) is 75.7 Å². The van der Waals surface area contributed by atoms with E-state index in [0.717, 1.165) is 22.2 Å². The number of carbonyl (C=O) groups excluding carboxylic acids is 3. The molecule has 0 unspecified atom stereocenters. The van der Waals surface area contributed by atoms with Gasteiger partial charge < -0.3 is 10.1 Å². The van der Waals surface area contributed by atoms with E-state index in [4.69, 9.17) is 27.9 Å². The third kappa shape index (κ3) is 6.42. The molecule has 0 bridgehead atoms. The average Bonchev–Trinajstić information content (AvgIpc) is 3.09. The van der Waals surface area contributed by atoms with Crippen LogP contribution in [-0.2, 0) is 16.2 Å². The van der Waals surface area contributed by atoms with E-state index >= 15 is 0 Å². The van der Waals surface area contributed by atoms with E-state index in [0.29, 0.717) is 33.7 Å². The van der Waals surface area contributed by atoms with Crippen molar-refractivity contribution in [3.8, 4) is 5.75 Å². The first-order valence-corrected chi connectivity index (χ1v) is 11.8. The summed E-state index contributed by atoms with van der Waals surface area (Å²) >= 11 is 12.7. The van der Waals surface area contributed by atoms with Crippen LogP contribution in [0.2, 0.25) is 10.0 Å². The second-order valence-corrected chi connectivity index (χ2v) is 9.24. The highest BCUT2D eigenvalue weighted by Crippen LogP contribution is 2.32. The van der Waals surface area contributed by atoms with Gasteiger partial charge in [-0.15, -0.1) is 0 Å². The van der Waals surface area contributed by atoms with Crippen LogP contribution >= 0.6 is 35.0 Å². The Labute approximate surface area is 214 Å². The molecule has 0 saturated carbocycles. The number of anilines is 1. The summed E-state index contributed by atoms with van der Waals surface area (Å²) in [6, 6.07) is 17.4. The van der Waals surface area contributed by atoms with Gasteiger partial charge in [-0.25, -0.2) is 4.39 Å². The third-order valence-electron chi connectivity index (χ3n) is 4.87. The summed E-state index contributed by atoms with van der Waals surface area (Å²) < 4.78 is 18.7. The van der Waals surface area contributed by atoms with Gasteiger partial charge in [0.15, 0.2) is 0 Å². The number of amides is 3. The lowest BCUT2D eigenvalue weighted by Crippen LogP contribution is -2.36. The highest BCUT2D eigenvalue weighted by atomic mass is 35.5. The van der Waals surface area contributed by atoms with Crippen molar-refractivity contribution < 1.29 is 23.5 Å². The van der Waals surface area contributed by atoms with E-state index < -0.39 is 29.4 Å². The molecule has 178 valence electrons. The lowest BCUT2D eigenvalue weighted by Gasteiger charge is -2.12. The Kier molecular flexibility index (Phi) is 7.75. The first kappa shape index (κ1) is 24.8. The fourth-order valence-corrected chi connectivity index (χ4v) is 4.28.